The van der Waals surface area contributed by atoms with Crippen LogP contribution in [0.5, 0.6) is 0 Å². The van der Waals surface area contributed by atoms with Crippen LogP contribution in [-0.2, 0) is 6.42 Å². The minimum absolute atomic E-state index is 0.0351. The van der Waals surface area contributed by atoms with Crippen molar-refractivity contribution in [1.29, 1.82) is 0 Å². The van der Waals surface area contributed by atoms with Crippen molar-refractivity contribution in [3.63, 3.8) is 0 Å². The van der Waals surface area contributed by atoms with Crippen molar-refractivity contribution in [3.8, 4) is 0 Å². The van der Waals surface area contributed by atoms with Crippen molar-refractivity contribution < 1.29 is 4.79 Å². The molecule has 0 aliphatic heterocycles. The average Bonchev–Trinajstić information content (AvgIpc) is 2.80. The minimum atomic E-state index is 0.0351. The molecule has 5 heteroatoms. The van der Waals surface area contributed by atoms with Gasteiger partial charge in [0.1, 0.15) is 5.01 Å². The smallest absolute Gasteiger partial charge is 0.171 e. The summed E-state index contributed by atoms with van der Waals surface area (Å²) < 4.78 is 1.92. The highest BCUT2D eigenvalue weighted by Crippen LogP contribution is 2.23. The molecule has 19 heavy (non-hydrogen) atoms. The lowest BCUT2D eigenvalue weighted by atomic mass is 10.1. The number of hydrogen-bond donors (Lipinski definition) is 0. The molecule has 0 saturated carbocycles. The Kier molecular flexibility index (Phi) is 3.40. The number of benzene rings is 1. The van der Waals surface area contributed by atoms with Gasteiger partial charge in [0.2, 0.25) is 0 Å². The molecular formula is C14H9BrN2OS. The molecule has 2 aromatic heterocycles. The van der Waals surface area contributed by atoms with Gasteiger partial charge in [0.25, 0.3) is 0 Å². The van der Waals surface area contributed by atoms with Crippen LogP contribution in [-0.4, -0.2) is 15.8 Å². The molecule has 94 valence electrons. The molecule has 0 aliphatic carbocycles. The quantitative estimate of drug-likeness (QED) is 0.683. The number of fused-ring (bicyclic) bond motifs is 1. The molecule has 3 aromatic rings. The van der Waals surface area contributed by atoms with E-state index in [1.807, 2.05) is 24.3 Å². The van der Waals surface area contributed by atoms with Crippen molar-refractivity contribution in [3.05, 3.63) is 57.8 Å². The largest absolute Gasteiger partial charge is 0.294 e. The van der Waals surface area contributed by atoms with Gasteiger partial charge < -0.3 is 0 Å². The van der Waals surface area contributed by atoms with Crippen LogP contribution in [0, 0.1) is 0 Å². The molecule has 0 spiro atoms. The number of carbonyl (C=O) groups excluding carboxylic acids is 1. The first-order valence-corrected chi connectivity index (χ1v) is 7.31. The van der Waals surface area contributed by atoms with Gasteiger partial charge in [-0.15, -0.1) is 11.3 Å². The zero-order valence-corrected chi connectivity index (χ0v) is 12.2. The number of thiazole rings is 1. The molecule has 0 atom stereocenters. The normalized spacial score (nSPS) is 10.8. The van der Waals surface area contributed by atoms with Gasteiger partial charge in [0, 0.05) is 22.4 Å². The number of nitrogens with zero attached hydrogens (tertiary/aromatic N) is 2. The summed E-state index contributed by atoms with van der Waals surface area (Å²) in [6, 6.07) is 9.68. The summed E-state index contributed by atoms with van der Waals surface area (Å²) in [5.41, 5.74) is 1.55. The second-order valence-corrected chi connectivity index (χ2v) is 6.10. The fraction of sp³-hybridized carbons (Fsp3) is 0.0714. The molecule has 0 radical (unpaired) electrons. The maximum Gasteiger partial charge on any atom is 0.171 e. The summed E-state index contributed by atoms with van der Waals surface area (Å²) in [5.74, 6) is 0.0351. The Morgan fingerprint density at radius 1 is 1.26 bits per heavy atom. The van der Waals surface area contributed by atoms with E-state index in [2.05, 4.69) is 25.9 Å². The molecule has 3 nitrogen and oxygen atoms in total. The Morgan fingerprint density at radius 3 is 2.89 bits per heavy atom. The Balaban J connectivity index is 1.86. The van der Waals surface area contributed by atoms with Crippen LogP contribution in [0.2, 0.25) is 0 Å². The third-order valence-electron chi connectivity index (χ3n) is 2.68. The maximum absolute atomic E-state index is 12.1. The molecule has 0 saturated heterocycles. The number of aromatic nitrogens is 2. The van der Waals surface area contributed by atoms with Crippen LogP contribution in [0.25, 0.3) is 10.2 Å². The van der Waals surface area contributed by atoms with Gasteiger partial charge in [-0.05, 0) is 34.1 Å². The van der Waals surface area contributed by atoms with E-state index in [-0.39, 0.29) is 5.78 Å². The monoisotopic (exact) mass is 332 g/mol. The van der Waals surface area contributed by atoms with Gasteiger partial charge in [0.05, 0.1) is 16.6 Å². The second kappa shape index (κ2) is 5.19. The Bertz CT molecular complexity index is 721. The lowest BCUT2D eigenvalue weighted by molar-refractivity contribution is 0.0992. The third kappa shape index (κ3) is 2.72. The first kappa shape index (κ1) is 12.4. The molecule has 0 unspecified atom stereocenters. The first-order valence-electron chi connectivity index (χ1n) is 5.70. The predicted octanol–water partition coefficient (Wildman–Crippen LogP) is 3.88. The molecule has 0 bridgehead atoms. The van der Waals surface area contributed by atoms with E-state index in [1.54, 1.807) is 29.8 Å². The molecule has 2 heterocycles. The fourth-order valence-electron chi connectivity index (χ4n) is 1.80. The maximum atomic E-state index is 12.1. The van der Waals surface area contributed by atoms with Crippen LogP contribution < -0.4 is 0 Å². The van der Waals surface area contributed by atoms with Crippen LogP contribution in [0.4, 0.5) is 0 Å². The number of hydrogen-bond acceptors (Lipinski definition) is 4. The second-order valence-electron chi connectivity index (χ2n) is 4.07. The van der Waals surface area contributed by atoms with Gasteiger partial charge in [-0.3, -0.25) is 9.78 Å². The van der Waals surface area contributed by atoms with Crippen LogP contribution in [0.1, 0.15) is 15.4 Å². The third-order valence-corrected chi connectivity index (χ3v) is 4.15. The van der Waals surface area contributed by atoms with E-state index in [4.69, 9.17) is 0 Å². The molecular weight excluding hydrogens is 324 g/mol. The van der Waals surface area contributed by atoms with Gasteiger partial charge in [0.15, 0.2) is 5.78 Å². The molecule has 3 rings (SSSR count). The highest BCUT2D eigenvalue weighted by molar-refractivity contribution is 9.10. The Hall–Kier alpha value is -1.59. The van der Waals surface area contributed by atoms with E-state index < -0.39 is 0 Å². The molecule has 0 N–H and O–H groups in total. The lowest BCUT2D eigenvalue weighted by Crippen LogP contribution is -2.03. The number of halogens is 1. The minimum Gasteiger partial charge on any atom is -0.294 e. The van der Waals surface area contributed by atoms with E-state index in [0.29, 0.717) is 12.0 Å². The summed E-state index contributed by atoms with van der Waals surface area (Å²) in [5, 5.41) is 0.839. The van der Waals surface area contributed by atoms with Gasteiger partial charge in [-0.2, -0.15) is 0 Å². The SMILES string of the molecule is O=C(Cc1nc2ccccc2s1)c1cncc(Br)c1. The first-order chi connectivity index (χ1) is 9.22. The number of Topliss-reactive ketones (excluding diaryl/α,β-unsaturated/α-hetero) is 1. The fourth-order valence-corrected chi connectivity index (χ4v) is 3.13. The lowest BCUT2D eigenvalue weighted by Gasteiger charge is -1.98. The zero-order chi connectivity index (χ0) is 13.2. The number of ketones is 1. The number of pyridine rings is 1. The topological polar surface area (TPSA) is 42.9 Å². The van der Waals surface area contributed by atoms with Crippen LogP contribution in [0.15, 0.2) is 47.2 Å². The predicted molar refractivity (Wildman–Crippen MR) is 79.6 cm³/mol. The van der Waals surface area contributed by atoms with Crippen molar-refractivity contribution in [2.45, 2.75) is 6.42 Å². The van der Waals surface area contributed by atoms with E-state index >= 15 is 0 Å². The van der Waals surface area contributed by atoms with Crippen LogP contribution >= 0.6 is 27.3 Å². The molecule has 0 aliphatic rings. The Morgan fingerprint density at radius 2 is 2.11 bits per heavy atom. The van der Waals surface area contributed by atoms with E-state index in [0.717, 1.165) is 19.7 Å². The summed E-state index contributed by atoms with van der Waals surface area (Å²) in [4.78, 5) is 20.6. The highest BCUT2D eigenvalue weighted by Gasteiger charge is 2.11. The molecule has 1 aromatic carbocycles. The molecule has 0 fully saturated rings. The highest BCUT2D eigenvalue weighted by atomic mass is 79.9. The standard InChI is InChI=1S/C14H9BrN2OS/c15-10-5-9(7-16-8-10)12(18)6-14-17-11-3-1-2-4-13(11)19-14/h1-5,7-8H,6H2. The summed E-state index contributed by atoms with van der Waals surface area (Å²) >= 11 is 4.88. The number of rotatable bonds is 3. The zero-order valence-electron chi connectivity index (χ0n) is 9.84. The summed E-state index contributed by atoms with van der Waals surface area (Å²) in [6.45, 7) is 0. The van der Waals surface area contributed by atoms with Crippen molar-refractivity contribution in [2.75, 3.05) is 0 Å². The van der Waals surface area contributed by atoms with Crippen LogP contribution in [0.3, 0.4) is 0 Å². The van der Waals surface area contributed by atoms with E-state index in [1.165, 1.54) is 0 Å². The molecule has 0 amide bonds. The summed E-state index contributed by atoms with van der Waals surface area (Å²) in [7, 11) is 0. The number of para-hydroxylation sites is 1. The average molecular weight is 333 g/mol. The van der Waals surface area contributed by atoms with Gasteiger partial charge in [-0.1, -0.05) is 12.1 Å². The van der Waals surface area contributed by atoms with Crippen molar-refractivity contribution >= 4 is 43.3 Å². The Labute approximate surface area is 122 Å². The number of carbonyl (C=O) groups is 1. The summed E-state index contributed by atoms with van der Waals surface area (Å²) in [6.07, 6.45) is 3.56. The van der Waals surface area contributed by atoms with Gasteiger partial charge >= 0.3 is 0 Å². The van der Waals surface area contributed by atoms with Gasteiger partial charge in [-0.25, -0.2) is 4.98 Å². The van der Waals surface area contributed by atoms with Crippen molar-refractivity contribution in [1.82, 2.24) is 9.97 Å². The van der Waals surface area contributed by atoms with Crippen molar-refractivity contribution in [2.24, 2.45) is 0 Å². The van der Waals surface area contributed by atoms with E-state index in [9.17, 15) is 4.79 Å².